The first-order valence-electron chi connectivity index (χ1n) is 2.44. The Hall–Kier alpha value is -0.280. The van der Waals surface area contributed by atoms with Gasteiger partial charge in [0.05, 0.1) is 7.05 Å². The maximum atomic E-state index is 6.89. The number of quaternary nitrogens is 2. The molecule has 9 heavy (non-hydrogen) atoms. The van der Waals surface area contributed by atoms with Crippen LogP contribution in [0.4, 0.5) is 0 Å². The van der Waals surface area contributed by atoms with Gasteiger partial charge in [0.2, 0.25) is 6.67 Å². The Morgan fingerprint density at radius 2 is 2.00 bits per heavy atom. The standard InChI is InChI=1S/C2H14N7/c1-8(3)7-2-9(4,5)6/h3,7-8H,2,4-6H2,1H3/q+1. The second-order valence-corrected chi connectivity index (χ2v) is 1.95. The van der Waals surface area contributed by atoms with Crippen molar-refractivity contribution in [2.24, 2.45) is 17.5 Å². The highest BCUT2D eigenvalue weighted by Gasteiger charge is 2.09. The molecule has 0 aromatic heterocycles. The van der Waals surface area contributed by atoms with Crippen molar-refractivity contribution in [3.63, 3.8) is 0 Å². The summed E-state index contributed by atoms with van der Waals surface area (Å²) >= 11 is 0. The molecule has 1 unspecified atom stereocenters. The van der Waals surface area contributed by atoms with E-state index in [-0.39, 0.29) is 6.67 Å². The zero-order valence-electron chi connectivity index (χ0n) is 5.39. The summed E-state index contributed by atoms with van der Waals surface area (Å²) < 4.78 is 0. The molecule has 0 aromatic rings. The number of hydrogen-bond donors (Lipinski definition) is 5. The molecule has 0 heterocycles. The molecule has 56 valence electrons. The number of nitrogens with two attached hydrogens (primary N) is 3. The highest BCUT2D eigenvalue weighted by Crippen LogP contribution is 1.60. The Balaban J connectivity index is 3.28. The van der Waals surface area contributed by atoms with Crippen LogP contribution in [-0.4, -0.2) is 18.5 Å². The lowest BCUT2D eigenvalue weighted by molar-refractivity contribution is -1.00. The van der Waals surface area contributed by atoms with Crippen molar-refractivity contribution in [1.29, 1.82) is 0 Å². The van der Waals surface area contributed by atoms with Gasteiger partial charge in [-0.2, -0.15) is 0 Å². The Kier molecular flexibility index (Phi) is 2.94. The van der Waals surface area contributed by atoms with Crippen LogP contribution in [0.2, 0.25) is 0 Å². The van der Waals surface area contributed by atoms with Crippen molar-refractivity contribution in [3.8, 4) is 0 Å². The molecule has 0 spiro atoms. The first-order valence-corrected chi connectivity index (χ1v) is 2.44. The lowest BCUT2D eigenvalue weighted by Crippen LogP contribution is -3.11. The Labute approximate surface area is 53.6 Å². The van der Waals surface area contributed by atoms with Gasteiger partial charge in [-0.25, -0.2) is 0 Å². The first kappa shape index (κ1) is 8.72. The third kappa shape index (κ3) is 7.72. The summed E-state index contributed by atoms with van der Waals surface area (Å²) in [5.74, 6) is 22.2. The topological polar surface area (TPSA) is 118 Å². The molecule has 9 N–H and O–H groups in total. The van der Waals surface area contributed by atoms with Crippen LogP contribution in [0.3, 0.4) is 0 Å². The molecule has 0 aromatic carbocycles. The van der Waals surface area contributed by atoms with E-state index in [1.165, 1.54) is 0 Å². The molecule has 0 bridgehead atoms. The van der Waals surface area contributed by atoms with Gasteiger partial charge in [-0.1, -0.05) is 4.81 Å². The average molecular weight is 136 g/mol. The van der Waals surface area contributed by atoms with E-state index in [1.54, 1.807) is 7.05 Å². The molecule has 0 saturated carbocycles. The Morgan fingerprint density at radius 3 is 2.11 bits per heavy atom. The molecule has 0 aliphatic heterocycles. The van der Waals surface area contributed by atoms with Crippen LogP contribution < -0.4 is 28.1 Å². The van der Waals surface area contributed by atoms with Crippen LogP contribution in [0.25, 0.3) is 5.84 Å². The van der Waals surface area contributed by atoms with Gasteiger partial charge in [0, 0.05) is 0 Å². The fourth-order valence-electron chi connectivity index (χ4n) is 0.256. The van der Waals surface area contributed by atoms with Gasteiger partial charge >= 0.3 is 0 Å². The molecule has 0 aliphatic rings. The van der Waals surface area contributed by atoms with Crippen molar-refractivity contribution in [1.82, 2.24) is 5.43 Å². The highest BCUT2D eigenvalue weighted by molar-refractivity contribution is 4.03. The predicted octanol–water partition coefficient (Wildman–Crippen LogP) is -3.63. The van der Waals surface area contributed by atoms with E-state index in [0.717, 1.165) is 0 Å². The van der Waals surface area contributed by atoms with E-state index < -0.39 is 4.81 Å². The lowest BCUT2D eigenvalue weighted by Gasteiger charge is -2.22. The smallest absolute Gasteiger partial charge is 0.227 e. The zero-order valence-corrected chi connectivity index (χ0v) is 5.39. The number of rotatable bonds is 3. The fourth-order valence-corrected chi connectivity index (χ4v) is 0.256. The van der Waals surface area contributed by atoms with E-state index in [9.17, 15) is 0 Å². The van der Waals surface area contributed by atoms with Gasteiger partial charge in [0.1, 0.15) is 0 Å². The lowest BCUT2D eigenvalue weighted by atomic mass is 11.1. The van der Waals surface area contributed by atoms with E-state index in [1.807, 2.05) is 0 Å². The summed E-state index contributed by atoms with van der Waals surface area (Å²) in [5, 5.41) is 0.291. The summed E-state index contributed by atoms with van der Waals surface area (Å²) in [5.41, 5.74) is 2.57. The quantitative estimate of drug-likeness (QED) is 0.119. The first-order chi connectivity index (χ1) is 3.92. The van der Waals surface area contributed by atoms with E-state index in [4.69, 9.17) is 23.4 Å². The van der Waals surface area contributed by atoms with E-state index >= 15 is 0 Å². The van der Waals surface area contributed by atoms with Gasteiger partial charge in [-0.15, -0.1) is 23.0 Å². The van der Waals surface area contributed by atoms with Crippen molar-refractivity contribution in [3.05, 3.63) is 5.84 Å². The molecule has 0 rings (SSSR count). The van der Waals surface area contributed by atoms with Crippen molar-refractivity contribution < 1.29 is 9.93 Å². The maximum absolute atomic E-state index is 6.89. The third-order valence-electron chi connectivity index (χ3n) is 0.618. The summed E-state index contributed by atoms with van der Waals surface area (Å²) in [6.07, 6.45) is 0. The molecule has 0 saturated heterocycles. The minimum Gasteiger partial charge on any atom is -0.449 e. The van der Waals surface area contributed by atoms with E-state index in [2.05, 4.69) is 5.43 Å². The average Bonchev–Trinajstić information content (AvgIpc) is 1.59. The van der Waals surface area contributed by atoms with Crippen LogP contribution in [0, 0.1) is 0 Å². The Bertz CT molecular complexity index is 71.5. The summed E-state index contributed by atoms with van der Waals surface area (Å²) in [4.78, 5) is -0.657. The molecule has 0 fully saturated rings. The van der Waals surface area contributed by atoms with Gasteiger partial charge in [0.25, 0.3) is 0 Å². The molecule has 0 radical (unpaired) electrons. The largest absolute Gasteiger partial charge is 0.449 e. The van der Waals surface area contributed by atoms with Gasteiger partial charge in [0.15, 0.2) is 0 Å². The molecular weight excluding hydrogens is 122 g/mol. The summed E-state index contributed by atoms with van der Waals surface area (Å²) in [6, 6.07) is 0. The third-order valence-corrected chi connectivity index (χ3v) is 0.618. The SMILES string of the molecule is C[NH+]([NH-])NC[N+](N)(N)N. The number of nitrogens with one attached hydrogen (secondary N) is 3. The molecular formula is C2H14N7+. The van der Waals surface area contributed by atoms with E-state index in [0.29, 0.717) is 5.12 Å². The highest BCUT2D eigenvalue weighted by atomic mass is 15.9. The summed E-state index contributed by atoms with van der Waals surface area (Å²) in [6.45, 7) is 0.148. The van der Waals surface area contributed by atoms with Gasteiger partial charge < -0.3 is 11.0 Å². The zero-order chi connectivity index (χ0) is 7.49. The number of nitrogens with zero attached hydrogens (tertiary/aromatic N) is 1. The fraction of sp³-hybridized carbons (Fsp3) is 1.00. The van der Waals surface area contributed by atoms with Gasteiger partial charge in [-0.05, 0) is 0 Å². The van der Waals surface area contributed by atoms with Crippen LogP contribution in [0.5, 0.6) is 0 Å². The number of hydrogen-bond acceptors (Lipinski definition) is 4. The Morgan fingerprint density at radius 1 is 1.56 bits per heavy atom. The monoisotopic (exact) mass is 136 g/mol. The normalized spacial score (nSPS) is 15.7. The van der Waals surface area contributed by atoms with Crippen molar-refractivity contribution in [2.45, 2.75) is 0 Å². The second-order valence-electron chi connectivity index (χ2n) is 1.95. The molecule has 1 atom stereocenters. The van der Waals surface area contributed by atoms with Crippen LogP contribution in [-0.2, 0) is 0 Å². The predicted molar refractivity (Wildman–Crippen MR) is 32.0 cm³/mol. The minimum atomic E-state index is -0.657. The molecule has 0 aliphatic carbocycles. The van der Waals surface area contributed by atoms with Crippen LogP contribution in [0.1, 0.15) is 0 Å². The molecule has 7 heteroatoms. The van der Waals surface area contributed by atoms with Crippen molar-refractivity contribution in [2.75, 3.05) is 13.7 Å². The molecule has 0 amide bonds. The second kappa shape index (κ2) is 3.03. The maximum Gasteiger partial charge on any atom is 0.227 e. The van der Waals surface area contributed by atoms with Crippen molar-refractivity contribution >= 4 is 0 Å². The van der Waals surface area contributed by atoms with Crippen LogP contribution in [0.15, 0.2) is 0 Å². The minimum absolute atomic E-state index is 0.148. The van der Waals surface area contributed by atoms with Crippen LogP contribution >= 0.6 is 0 Å². The molecule has 7 nitrogen and oxygen atoms in total. The summed E-state index contributed by atoms with van der Waals surface area (Å²) in [7, 11) is 1.58. The van der Waals surface area contributed by atoms with Gasteiger partial charge in [-0.3, -0.25) is 0 Å².